The van der Waals surface area contributed by atoms with Crippen molar-refractivity contribution in [2.75, 3.05) is 13.7 Å². The highest BCUT2D eigenvalue weighted by molar-refractivity contribution is 6.61. The molecule has 14 heavy (non-hydrogen) atoms. The fraction of sp³-hybridized carbons (Fsp3) is 0.455. The maximum absolute atomic E-state index is 5.70. The van der Waals surface area contributed by atoms with Crippen LogP contribution in [0.1, 0.15) is 19.8 Å². The minimum Gasteiger partial charge on any atom is -0.393 e. The van der Waals surface area contributed by atoms with Gasteiger partial charge in [-0.05, 0) is 11.6 Å². The van der Waals surface area contributed by atoms with Crippen LogP contribution in [-0.4, -0.2) is 23.0 Å². The van der Waals surface area contributed by atoms with Gasteiger partial charge in [0.1, 0.15) is 0 Å². The van der Waals surface area contributed by atoms with Gasteiger partial charge in [-0.3, -0.25) is 0 Å². The first-order valence-electron chi connectivity index (χ1n) is 4.97. The van der Waals surface area contributed by atoms with Crippen molar-refractivity contribution in [1.29, 1.82) is 0 Å². The van der Waals surface area contributed by atoms with Crippen LogP contribution >= 0.6 is 0 Å². The van der Waals surface area contributed by atoms with Crippen molar-refractivity contribution in [3.63, 3.8) is 0 Å². The normalized spacial score (nSPS) is 10.8. The Balaban J connectivity index is 2.46. The first-order valence-corrected chi connectivity index (χ1v) is 6.29. The second-order valence-electron chi connectivity index (χ2n) is 3.06. The lowest BCUT2D eigenvalue weighted by Gasteiger charge is -2.12. The Hall–Kier alpha value is -0.643. The number of hydrogen-bond donors (Lipinski definition) is 0. The van der Waals surface area contributed by atoms with Gasteiger partial charge in [0.05, 0.1) is 0 Å². The van der Waals surface area contributed by atoms with Crippen molar-refractivity contribution in [2.45, 2.75) is 19.8 Å². The zero-order chi connectivity index (χ0) is 10.2. The summed E-state index contributed by atoms with van der Waals surface area (Å²) in [6, 6.07) is 10.2. The highest BCUT2D eigenvalue weighted by Crippen LogP contribution is 1.95. The van der Waals surface area contributed by atoms with Crippen LogP contribution in [0.3, 0.4) is 0 Å². The highest BCUT2D eigenvalue weighted by Gasteiger charge is 2.16. The molecule has 1 rings (SSSR count). The zero-order valence-corrected chi connectivity index (χ0v) is 9.82. The van der Waals surface area contributed by atoms with E-state index in [1.807, 2.05) is 18.2 Å². The second-order valence-corrected chi connectivity index (χ2v) is 4.91. The van der Waals surface area contributed by atoms with Crippen LogP contribution in [0.25, 0.3) is 0 Å². The van der Waals surface area contributed by atoms with Crippen LogP contribution < -0.4 is 5.19 Å². The van der Waals surface area contributed by atoms with Gasteiger partial charge in [0.25, 0.3) is 0 Å². The molecule has 0 unspecified atom stereocenters. The monoisotopic (exact) mass is 209 g/mol. The summed E-state index contributed by atoms with van der Waals surface area (Å²) in [7, 11) is 0.482. The Morgan fingerprint density at radius 3 is 2.50 bits per heavy atom. The van der Waals surface area contributed by atoms with E-state index < -0.39 is 9.28 Å². The van der Waals surface area contributed by atoms with E-state index in [1.165, 1.54) is 5.19 Å². The molecule has 3 heteroatoms. The van der Waals surface area contributed by atoms with E-state index in [0.29, 0.717) is 0 Å². The smallest absolute Gasteiger partial charge is 0.393 e. The molecule has 0 N–H and O–H groups in total. The summed E-state index contributed by atoms with van der Waals surface area (Å²) in [5, 5.41) is 1.18. The predicted molar refractivity (Wildman–Crippen MR) is 59.7 cm³/mol. The molecule has 0 bridgehead atoms. The summed E-state index contributed by atoms with van der Waals surface area (Å²) in [6.45, 7) is 2.96. The first kappa shape index (κ1) is 11.4. The van der Waals surface area contributed by atoms with Crippen molar-refractivity contribution in [2.24, 2.45) is 0 Å². The van der Waals surface area contributed by atoms with Crippen molar-refractivity contribution in [1.82, 2.24) is 0 Å². The van der Waals surface area contributed by atoms with Gasteiger partial charge in [-0.15, -0.1) is 0 Å². The average molecular weight is 209 g/mol. The third-order valence-corrected chi connectivity index (χ3v) is 3.57. The van der Waals surface area contributed by atoms with Crippen molar-refractivity contribution >= 4 is 14.5 Å². The van der Waals surface area contributed by atoms with Crippen molar-refractivity contribution in [3.05, 3.63) is 30.3 Å². The third-order valence-electron chi connectivity index (χ3n) is 1.93. The van der Waals surface area contributed by atoms with Crippen LogP contribution in [0.2, 0.25) is 0 Å². The first-order chi connectivity index (χ1) is 6.88. The molecule has 1 aromatic carbocycles. The molecular weight excluding hydrogens is 192 g/mol. The van der Waals surface area contributed by atoms with Gasteiger partial charge in [0, 0.05) is 13.7 Å². The van der Waals surface area contributed by atoms with E-state index in [0.717, 1.165) is 19.4 Å². The summed E-state index contributed by atoms with van der Waals surface area (Å²) < 4.78 is 11.1. The maximum Gasteiger partial charge on any atom is 0.423 e. The van der Waals surface area contributed by atoms with Gasteiger partial charge in [-0.1, -0.05) is 43.7 Å². The maximum atomic E-state index is 5.70. The van der Waals surface area contributed by atoms with E-state index in [2.05, 4.69) is 19.1 Å². The number of benzene rings is 1. The van der Waals surface area contributed by atoms with Gasteiger partial charge in [0.2, 0.25) is 0 Å². The van der Waals surface area contributed by atoms with Crippen molar-refractivity contribution < 1.29 is 8.85 Å². The highest BCUT2D eigenvalue weighted by atomic mass is 28.3. The lowest BCUT2D eigenvalue weighted by molar-refractivity contribution is 0.237. The third kappa shape index (κ3) is 3.62. The Morgan fingerprint density at radius 1 is 1.21 bits per heavy atom. The molecular formula is C11H17O2Si. The molecule has 0 amide bonds. The Morgan fingerprint density at radius 2 is 1.93 bits per heavy atom. The van der Waals surface area contributed by atoms with E-state index >= 15 is 0 Å². The van der Waals surface area contributed by atoms with E-state index in [4.69, 9.17) is 8.85 Å². The van der Waals surface area contributed by atoms with Crippen LogP contribution in [0.4, 0.5) is 0 Å². The Bertz CT molecular complexity index is 238. The SMILES string of the molecule is CCCCO[Si](OC)c1ccccc1. The minimum absolute atomic E-state index is 0.799. The number of unbranched alkanes of at least 4 members (excludes halogenated alkanes) is 1. The second kappa shape index (κ2) is 6.76. The average Bonchev–Trinajstić information content (AvgIpc) is 2.26. The summed E-state index contributed by atoms with van der Waals surface area (Å²) in [5.74, 6) is 0. The molecule has 2 nitrogen and oxygen atoms in total. The van der Waals surface area contributed by atoms with Gasteiger partial charge in [-0.2, -0.15) is 0 Å². The lowest BCUT2D eigenvalue weighted by Crippen LogP contribution is -2.36. The molecule has 77 valence electrons. The molecule has 0 heterocycles. The molecule has 0 aliphatic rings. The van der Waals surface area contributed by atoms with Gasteiger partial charge >= 0.3 is 9.28 Å². The molecule has 0 aliphatic heterocycles. The zero-order valence-electron chi connectivity index (χ0n) is 8.82. The van der Waals surface area contributed by atoms with Crippen LogP contribution in [0, 0.1) is 0 Å². The van der Waals surface area contributed by atoms with Crippen LogP contribution in [0.15, 0.2) is 30.3 Å². The number of hydrogen-bond acceptors (Lipinski definition) is 2. The van der Waals surface area contributed by atoms with Crippen LogP contribution in [-0.2, 0) is 8.85 Å². The van der Waals surface area contributed by atoms with E-state index in [-0.39, 0.29) is 0 Å². The summed E-state index contributed by atoms with van der Waals surface area (Å²) in [4.78, 5) is 0. The summed E-state index contributed by atoms with van der Waals surface area (Å²) in [5.41, 5.74) is 0. The van der Waals surface area contributed by atoms with Crippen LogP contribution in [0.5, 0.6) is 0 Å². The lowest BCUT2D eigenvalue weighted by atomic mass is 10.4. The summed E-state index contributed by atoms with van der Waals surface area (Å²) in [6.07, 6.45) is 2.26. The topological polar surface area (TPSA) is 18.5 Å². The van der Waals surface area contributed by atoms with Crippen molar-refractivity contribution in [3.8, 4) is 0 Å². The molecule has 1 aromatic rings. The number of rotatable bonds is 6. The van der Waals surface area contributed by atoms with Gasteiger partial charge < -0.3 is 8.85 Å². The Kier molecular flexibility index (Phi) is 5.52. The van der Waals surface area contributed by atoms with E-state index in [1.54, 1.807) is 7.11 Å². The Labute approximate surface area is 87.7 Å². The van der Waals surface area contributed by atoms with Gasteiger partial charge in [0.15, 0.2) is 0 Å². The molecule has 0 fully saturated rings. The quantitative estimate of drug-likeness (QED) is 0.526. The fourth-order valence-electron chi connectivity index (χ4n) is 1.14. The molecule has 0 aliphatic carbocycles. The molecule has 0 aromatic heterocycles. The van der Waals surface area contributed by atoms with Gasteiger partial charge in [-0.25, -0.2) is 0 Å². The standard InChI is InChI=1S/C11H17O2Si/c1-3-4-10-13-14(12-2)11-8-6-5-7-9-11/h5-9H,3-4,10H2,1-2H3. The molecule has 1 radical (unpaired) electrons. The largest absolute Gasteiger partial charge is 0.423 e. The predicted octanol–water partition coefficient (Wildman–Crippen LogP) is 1.84. The fourth-order valence-corrected chi connectivity index (χ4v) is 2.46. The van der Waals surface area contributed by atoms with E-state index in [9.17, 15) is 0 Å². The molecule has 0 spiro atoms. The minimum atomic E-state index is -1.23. The molecule has 0 saturated heterocycles. The summed E-state index contributed by atoms with van der Waals surface area (Å²) >= 11 is 0. The molecule has 0 saturated carbocycles. The molecule has 0 atom stereocenters.